The van der Waals surface area contributed by atoms with Crippen LogP contribution in [0.15, 0.2) is 128 Å². The summed E-state index contributed by atoms with van der Waals surface area (Å²) in [6.07, 6.45) is 4.32. The van der Waals surface area contributed by atoms with Crippen molar-refractivity contribution in [1.82, 2.24) is 0 Å². The molecule has 2 heteroatoms. The zero-order valence-electron chi connectivity index (χ0n) is 19.2. The average molecular weight is 439 g/mol. The average Bonchev–Trinajstić information content (AvgIpc) is 3.22. The first-order chi connectivity index (χ1) is 16.7. The standard InChI is InChI=1S/C32H26N2/c1-23-18-20-34-31(21-23)29-22-27(25-11-5-3-6-12-25)16-17-28(29)32(34)24(2)33-19-10-9-15-30(33)26-13-7-4-8-14-26/h3-22,32H,2H2,1H3/q+2/t32-/m0/s1. The van der Waals surface area contributed by atoms with E-state index in [2.05, 4.69) is 144 Å². The molecular formula is C32H26N2+2. The van der Waals surface area contributed by atoms with E-state index in [-0.39, 0.29) is 6.04 Å². The van der Waals surface area contributed by atoms with Crippen molar-refractivity contribution < 1.29 is 9.13 Å². The van der Waals surface area contributed by atoms with Crippen LogP contribution >= 0.6 is 0 Å². The minimum atomic E-state index is 0.0188. The van der Waals surface area contributed by atoms with Crippen LogP contribution in [-0.4, -0.2) is 0 Å². The van der Waals surface area contributed by atoms with Gasteiger partial charge in [0.05, 0.1) is 5.56 Å². The van der Waals surface area contributed by atoms with Crippen LogP contribution < -0.4 is 9.13 Å². The molecule has 0 spiro atoms. The molecule has 0 aliphatic carbocycles. The van der Waals surface area contributed by atoms with Gasteiger partial charge in [0.15, 0.2) is 12.4 Å². The van der Waals surface area contributed by atoms with E-state index in [9.17, 15) is 0 Å². The second kappa shape index (κ2) is 8.24. The zero-order valence-corrected chi connectivity index (χ0v) is 19.2. The molecule has 5 aromatic rings. The molecule has 3 aromatic carbocycles. The van der Waals surface area contributed by atoms with Gasteiger partial charge in [0, 0.05) is 35.4 Å². The lowest BCUT2D eigenvalue weighted by Gasteiger charge is -2.10. The zero-order chi connectivity index (χ0) is 23.1. The van der Waals surface area contributed by atoms with Crippen LogP contribution in [0.4, 0.5) is 0 Å². The van der Waals surface area contributed by atoms with Crippen molar-refractivity contribution in [2.75, 3.05) is 0 Å². The van der Waals surface area contributed by atoms with Crippen molar-refractivity contribution in [3.05, 3.63) is 139 Å². The Balaban J connectivity index is 1.52. The normalized spacial score (nSPS) is 13.9. The molecule has 0 amide bonds. The summed E-state index contributed by atoms with van der Waals surface area (Å²) in [4.78, 5) is 0. The number of nitrogens with zero attached hydrogens (tertiary/aromatic N) is 2. The molecule has 2 nitrogen and oxygen atoms in total. The molecule has 0 N–H and O–H groups in total. The maximum atomic E-state index is 4.64. The van der Waals surface area contributed by atoms with Gasteiger partial charge < -0.3 is 0 Å². The molecule has 0 saturated heterocycles. The Bertz CT molecular complexity index is 1520. The van der Waals surface area contributed by atoms with E-state index in [1.165, 1.54) is 39.1 Å². The summed E-state index contributed by atoms with van der Waals surface area (Å²) in [6.45, 7) is 6.79. The Morgan fingerprint density at radius 3 is 2.12 bits per heavy atom. The van der Waals surface area contributed by atoms with E-state index in [4.69, 9.17) is 0 Å². The molecule has 0 bridgehead atoms. The van der Waals surface area contributed by atoms with Crippen molar-refractivity contribution in [3.8, 4) is 33.6 Å². The van der Waals surface area contributed by atoms with Crippen LogP contribution in [-0.2, 0) is 0 Å². The number of aryl methyl sites for hydroxylation is 1. The lowest BCUT2D eigenvalue weighted by Crippen LogP contribution is -2.47. The van der Waals surface area contributed by atoms with Crippen molar-refractivity contribution in [2.24, 2.45) is 0 Å². The topological polar surface area (TPSA) is 7.76 Å². The summed E-state index contributed by atoms with van der Waals surface area (Å²) in [7, 11) is 0. The SMILES string of the molecule is C=C([C@H]1c2ccc(-c3ccccc3)cc2-c2cc(C)cc[n+]21)[n+]1ccccc1-c1ccccc1. The smallest absolute Gasteiger partial charge is 0.181 e. The van der Waals surface area contributed by atoms with Gasteiger partial charge in [-0.2, -0.15) is 9.13 Å². The fourth-order valence-corrected chi connectivity index (χ4v) is 5.04. The van der Waals surface area contributed by atoms with Gasteiger partial charge in [0.2, 0.25) is 11.4 Å². The summed E-state index contributed by atoms with van der Waals surface area (Å²) in [5, 5.41) is 0. The second-order valence-corrected chi connectivity index (χ2v) is 8.88. The highest BCUT2D eigenvalue weighted by Crippen LogP contribution is 2.39. The predicted octanol–water partition coefficient (Wildman–Crippen LogP) is 6.64. The lowest BCUT2D eigenvalue weighted by atomic mass is 9.95. The Kier molecular flexibility index (Phi) is 4.92. The fourth-order valence-electron chi connectivity index (χ4n) is 5.04. The molecule has 1 aliphatic rings. The van der Waals surface area contributed by atoms with Gasteiger partial charge in [-0.25, -0.2) is 0 Å². The Labute approximate surface area is 200 Å². The maximum absolute atomic E-state index is 4.64. The fraction of sp³-hybridized carbons (Fsp3) is 0.0625. The van der Waals surface area contributed by atoms with Gasteiger partial charge >= 0.3 is 0 Å². The maximum Gasteiger partial charge on any atom is 0.267 e. The molecule has 0 unspecified atom stereocenters. The Hall–Kier alpha value is -4.30. The Morgan fingerprint density at radius 1 is 0.647 bits per heavy atom. The van der Waals surface area contributed by atoms with Gasteiger partial charge in [0.25, 0.3) is 11.7 Å². The van der Waals surface area contributed by atoms with Crippen molar-refractivity contribution >= 4 is 5.70 Å². The van der Waals surface area contributed by atoms with Crippen LogP contribution in [0.3, 0.4) is 0 Å². The quantitative estimate of drug-likeness (QED) is 0.278. The Morgan fingerprint density at radius 2 is 1.35 bits per heavy atom. The van der Waals surface area contributed by atoms with E-state index in [0.29, 0.717) is 0 Å². The summed E-state index contributed by atoms with van der Waals surface area (Å²) in [5.74, 6) is 0. The molecule has 2 aromatic heterocycles. The molecule has 0 saturated carbocycles. The lowest BCUT2D eigenvalue weighted by molar-refractivity contribution is -0.709. The highest BCUT2D eigenvalue weighted by atomic mass is 15.1. The van der Waals surface area contributed by atoms with Gasteiger partial charge in [-0.15, -0.1) is 0 Å². The molecule has 6 rings (SSSR count). The van der Waals surface area contributed by atoms with Gasteiger partial charge in [-0.05, 0) is 54.5 Å². The van der Waals surface area contributed by atoms with Gasteiger partial charge in [-0.1, -0.05) is 60.7 Å². The number of hydrogen-bond donors (Lipinski definition) is 0. The highest BCUT2D eigenvalue weighted by molar-refractivity contribution is 5.76. The van der Waals surface area contributed by atoms with Crippen molar-refractivity contribution in [3.63, 3.8) is 0 Å². The summed E-state index contributed by atoms with van der Waals surface area (Å²) >= 11 is 0. The van der Waals surface area contributed by atoms with Crippen LogP contribution in [0.25, 0.3) is 39.3 Å². The molecule has 1 atom stereocenters. The number of allylic oxidation sites excluding steroid dienone is 1. The van der Waals surface area contributed by atoms with E-state index >= 15 is 0 Å². The summed E-state index contributed by atoms with van der Waals surface area (Å²) in [6, 6.07) is 38.8. The minimum Gasteiger partial charge on any atom is -0.181 e. The first kappa shape index (κ1) is 20.3. The number of aromatic nitrogens is 2. The molecule has 1 aliphatic heterocycles. The van der Waals surface area contributed by atoms with Gasteiger partial charge in [-0.3, -0.25) is 0 Å². The van der Waals surface area contributed by atoms with E-state index in [1.807, 2.05) is 0 Å². The molecule has 0 radical (unpaired) electrons. The summed E-state index contributed by atoms with van der Waals surface area (Å²) < 4.78 is 4.60. The third kappa shape index (κ3) is 3.36. The number of pyridine rings is 2. The van der Waals surface area contributed by atoms with Crippen LogP contribution in [0, 0.1) is 6.92 Å². The highest BCUT2D eigenvalue weighted by Gasteiger charge is 2.43. The molecule has 0 fully saturated rings. The third-order valence-corrected chi connectivity index (χ3v) is 6.70. The molecule has 162 valence electrons. The molecule has 3 heterocycles. The van der Waals surface area contributed by atoms with Crippen molar-refractivity contribution in [2.45, 2.75) is 13.0 Å². The minimum absolute atomic E-state index is 0.0188. The van der Waals surface area contributed by atoms with Crippen LogP contribution in [0.5, 0.6) is 0 Å². The molecule has 34 heavy (non-hydrogen) atoms. The van der Waals surface area contributed by atoms with E-state index in [0.717, 1.165) is 11.4 Å². The van der Waals surface area contributed by atoms with Gasteiger partial charge in [0.1, 0.15) is 0 Å². The number of fused-ring (bicyclic) bond motifs is 3. The first-order valence-electron chi connectivity index (χ1n) is 11.7. The number of rotatable bonds is 4. The first-order valence-corrected chi connectivity index (χ1v) is 11.7. The predicted molar refractivity (Wildman–Crippen MR) is 138 cm³/mol. The van der Waals surface area contributed by atoms with E-state index < -0.39 is 0 Å². The summed E-state index contributed by atoms with van der Waals surface area (Å²) in [5.41, 5.74) is 10.8. The monoisotopic (exact) mass is 438 g/mol. The van der Waals surface area contributed by atoms with E-state index in [1.54, 1.807) is 0 Å². The van der Waals surface area contributed by atoms with Crippen LogP contribution in [0.1, 0.15) is 17.2 Å². The molecular weight excluding hydrogens is 412 g/mol. The van der Waals surface area contributed by atoms with Crippen molar-refractivity contribution in [1.29, 1.82) is 0 Å². The third-order valence-electron chi connectivity index (χ3n) is 6.70. The largest absolute Gasteiger partial charge is 0.267 e. The number of benzene rings is 3. The van der Waals surface area contributed by atoms with Crippen LogP contribution in [0.2, 0.25) is 0 Å². The number of hydrogen-bond acceptors (Lipinski definition) is 0. The second-order valence-electron chi connectivity index (χ2n) is 8.88.